The van der Waals surface area contributed by atoms with Gasteiger partial charge < -0.3 is 20.8 Å². The number of nitrogens with one attached hydrogen (secondary N) is 2. The van der Waals surface area contributed by atoms with Crippen LogP contribution in [0.4, 0.5) is 5.82 Å². The van der Waals surface area contributed by atoms with Crippen molar-refractivity contribution in [3.63, 3.8) is 0 Å². The zero-order chi connectivity index (χ0) is 20.1. The highest BCUT2D eigenvalue weighted by Gasteiger charge is 2.20. The van der Waals surface area contributed by atoms with Crippen molar-refractivity contribution in [1.29, 1.82) is 0 Å². The van der Waals surface area contributed by atoms with E-state index in [9.17, 15) is 9.90 Å². The first kappa shape index (κ1) is 17.2. The van der Waals surface area contributed by atoms with Crippen molar-refractivity contribution >= 4 is 33.5 Å². The summed E-state index contributed by atoms with van der Waals surface area (Å²) in [5.41, 5.74) is 11.0. The average Bonchev–Trinajstić information content (AvgIpc) is 3.41. The second-order valence-electron chi connectivity index (χ2n) is 6.97. The van der Waals surface area contributed by atoms with Crippen LogP contribution in [0.2, 0.25) is 0 Å². The van der Waals surface area contributed by atoms with Crippen LogP contribution in [0.15, 0.2) is 48.7 Å². The molecule has 5 rings (SSSR count). The molecule has 8 heteroatoms. The van der Waals surface area contributed by atoms with Gasteiger partial charge in [0.25, 0.3) is 0 Å². The van der Waals surface area contributed by atoms with Crippen LogP contribution in [0.3, 0.4) is 0 Å². The lowest BCUT2D eigenvalue weighted by Crippen LogP contribution is -2.07. The van der Waals surface area contributed by atoms with Crippen LogP contribution < -0.4 is 5.73 Å². The van der Waals surface area contributed by atoms with Gasteiger partial charge in [-0.1, -0.05) is 12.1 Å². The van der Waals surface area contributed by atoms with Gasteiger partial charge in [-0.05, 0) is 42.8 Å². The van der Waals surface area contributed by atoms with Crippen molar-refractivity contribution in [2.75, 3.05) is 5.73 Å². The van der Waals surface area contributed by atoms with Gasteiger partial charge in [0.2, 0.25) is 5.78 Å². The fraction of sp³-hybridized carbons (Fsp3) is 0.0952. The maximum absolute atomic E-state index is 13.0. The Kier molecular flexibility index (Phi) is 3.75. The number of aromatic nitrogens is 5. The third kappa shape index (κ3) is 2.77. The van der Waals surface area contributed by atoms with E-state index in [2.05, 4.69) is 20.1 Å². The van der Waals surface area contributed by atoms with Gasteiger partial charge in [-0.2, -0.15) is 5.10 Å². The Balaban J connectivity index is 1.53. The predicted octanol–water partition coefficient (Wildman–Crippen LogP) is 2.84. The molecular formula is C21H18N6O2. The van der Waals surface area contributed by atoms with Gasteiger partial charge in [0, 0.05) is 10.9 Å². The fourth-order valence-electron chi connectivity index (χ4n) is 3.53. The second kappa shape index (κ2) is 6.32. The van der Waals surface area contributed by atoms with E-state index in [1.165, 1.54) is 10.9 Å². The number of imidazole rings is 1. The van der Waals surface area contributed by atoms with E-state index in [4.69, 9.17) is 5.73 Å². The molecule has 0 unspecified atom stereocenters. The number of aryl methyl sites for hydroxylation is 1. The lowest BCUT2D eigenvalue weighted by Gasteiger charge is -2.05. The number of benzene rings is 2. The molecule has 0 aliphatic carbocycles. The molecule has 3 aromatic heterocycles. The van der Waals surface area contributed by atoms with E-state index in [0.29, 0.717) is 11.3 Å². The minimum absolute atomic E-state index is 0.0577. The molecule has 0 amide bonds. The number of aliphatic hydroxyl groups is 1. The van der Waals surface area contributed by atoms with Gasteiger partial charge in [-0.25, -0.2) is 9.67 Å². The van der Waals surface area contributed by atoms with Gasteiger partial charge in [0.05, 0.1) is 40.8 Å². The lowest BCUT2D eigenvalue weighted by molar-refractivity contribution is 0.103. The number of ketones is 1. The van der Waals surface area contributed by atoms with E-state index >= 15 is 0 Å². The molecule has 0 saturated heterocycles. The summed E-state index contributed by atoms with van der Waals surface area (Å²) in [7, 11) is 0. The Morgan fingerprint density at radius 1 is 1.14 bits per heavy atom. The largest absolute Gasteiger partial charge is 0.392 e. The molecular weight excluding hydrogens is 368 g/mol. The third-order valence-corrected chi connectivity index (χ3v) is 4.99. The third-order valence-electron chi connectivity index (χ3n) is 4.99. The van der Waals surface area contributed by atoms with Crippen LogP contribution in [0, 0.1) is 6.92 Å². The number of nitrogens with zero attached hydrogens (tertiary/aromatic N) is 3. The maximum Gasteiger partial charge on any atom is 0.214 e. The van der Waals surface area contributed by atoms with Crippen LogP contribution in [0.25, 0.3) is 27.6 Å². The number of carbonyl (C=O) groups excluding carboxylic acids is 1. The molecule has 0 bridgehead atoms. The van der Waals surface area contributed by atoms with Crippen molar-refractivity contribution in [3.8, 4) is 5.69 Å². The summed E-state index contributed by atoms with van der Waals surface area (Å²) in [5.74, 6) is 0.841. The number of aliphatic hydroxyl groups excluding tert-OH is 1. The van der Waals surface area contributed by atoms with Gasteiger partial charge in [0.15, 0.2) is 0 Å². The van der Waals surface area contributed by atoms with Gasteiger partial charge in [-0.15, -0.1) is 0 Å². The number of nitrogen functional groups attached to an aromatic ring is 1. The highest BCUT2D eigenvalue weighted by atomic mass is 16.3. The minimum Gasteiger partial charge on any atom is -0.392 e. The number of fused-ring (bicyclic) bond motifs is 2. The first-order valence-corrected chi connectivity index (χ1v) is 9.11. The molecule has 3 heterocycles. The normalized spacial score (nSPS) is 11.5. The molecule has 0 aliphatic rings. The number of hydrogen-bond acceptors (Lipinski definition) is 5. The smallest absolute Gasteiger partial charge is 0.214 e. The molecule has 0 atom stereocenters. The molecule has 8 nitrogen and oxygen atoms in total. The van der Waals surface area contributed by atoms with Crippen molar-refractivity contribution < 1.29 is 9.90 Å². The lowest BCUT2D eigenvalue weighted by atomic mass is 10.1. The average molecular weight is 386 g/mol. The predicted molar refractivity (Wildman–Crippen MR) is 110 cm³/mol. The molecule has 0 radical (unpaired) electrons. The molecule has 0 aliphatic heterocycles. The van der Waals surface area contributed by atoms with E-state index in [1.54, 1.807) is 6.07 Å². The van der Waals surface area contributed by atoms with Crippen LogP contribution >= 0.6 is 0 Å². The molecule has 0 saturated carbocycles. The van der Waals surface area contributed by atoms with Gasteiger partial charge >= 0.3 is 0 Å². The highest BCUT2D eigenvalue weighted by molar-refractivity contribution is 6.12. The maximum atomic E-state index is 13.0. The SMILES string of the molecule is Cc1nc2cc(-n3ncc(C(=O)c4cc5ccc(CO)cc5[nH]4)c3N)ccc2[nH]1. The summed E-state index contributed by atoms with van der Waals surface area (Å²) in [5, 5.41) is 14.5. The Hall–Kier alpha value is -3.91. The first-order chi connectivity index (χ1) is 14.0. The number of H-pyrrole nitrogens is 2. The topological polar surface area (TPSA) is 126 Å². The molecule has 5 N–H and O–H groups in total. The van der Waals surface area contributed by atoms with Crippen LogP contribution in [-0.4, -0.2) is 35.6 Å². The first-order valence-electron chi connectivity index (χ1n) is 9.11. The van der Waals surface area contributed by atoms with Gasteiger partial charge in [-0.3, -0.25) is 4.79 Å². The summed E-state index contributed by atoms with van der Waals surface area (Å²) in [6.07, 6.45) is 1.47. The molecule has 144 valence electrons. The minimum atomic E-state index is -0.243. The van der Waals surface area contributed by atoms with E-state index in [-0.39, 0.29) is 18.2 Å². The molecule has 0 fully saturated rings. The standard InChI is InChI=1S/C21H18N6O2/c1-11-24-16-5-4-14(8-18(16)25-11)27-21(22)15(9-23-27)20(29)19-7-13-3-2-12(10-28)6-17(13)26-19/h2-9,26,28H,10,22H2,1H3,(H,24,25). The quantitative estimate of drug-likeness (QED) is 0.353. The fourth-order valence-corrected chi connectivity index (χ4v) is 3.53. The summed E-state index contributed by atoms with van der Waals surface area (Å²) < 4.78 is 1.53. The molecule has 2 aromatic carbocycles. The van der Waals surface area contributed by atoms with E-state index in [0.717, 1.165) is 39.0 Å². The monoisotopic (exact) mass is 386 g/mol. The van der Waals surface area contributed by atoms with Crippen molar-refractivity contribution in [2.45, 2.75) is 13.5 Å². The Labute approximate surface area is 165 Å². The molecule has 0 spiro atoms. The second-order valence-corrected chi connectivity index (χ2v) is 6.97. The van der Waals surface area contributed by atoms with Crippen molar-refractivity contribution in [3.05, 3.63) is 71.3 Å². The Morgan fingerprint density at radius 2 is 2.00 bits per heavy atom. The zero-order valence-corrected chi connectivity index (χ0v) is 15.6. The van der Waals surface area contributed by atoms with Crippen molar-refractivity contribution in [2.24, 2.45) is 0 Å². The summed E-state index contributed by atoms with van der Waals surface area (Å²) in [4.78, 5) is 23.7. The molecule has 29 heavy (non-hydrogen) atoms. The van der Waals surface area contributed by atoms with Crippen LogP contribution in [0.1, 0.15) is 27.4 Å². The Morgan fingerprint density at radius 3 is 2.83 bits per heavy atom. The van der Waals surface area contributed by atoms with Crippen LogP contribution in [0.5, 0.6) is 0 Å². The highest BCUT2D eigenvalue weighted by Crippen LogP contribution is 2.24. The number of aromatic amines is 2. The van der Waals surface area contributed by atoms with Gasteiger partial charge in [0.1, 0.15) is 11.6 Å². The summed E-state index contributed by atoms with van der Waals surface area (Å²) >= 11 is 0. The number of carbonyl (C=O) groups is 1. The Bertz CT molecular complexity index is 1390. The van der Waals surface area contributed by atoms with Crippen LogP contribution in [-0.2, 0) is 6.61 Å². The number of hydrogen-bond donors (Lipinski definition) is 4. The summed E-state index contributed by atoms with van der Waals surface area (Å²) in [6, 6.07) is 12.9. The van der Waals surface area contributed by atoms with E-state index in [1.807, 2.05) is 43.3 Å². The number of rotatable bonds is 4. The van der Waals surface area contributed by atoms with Crippen molar-refractivity contribution in [1.82, 2.24) is 24.7 Å². The van der Waals surface area contributed by atoms with E-state index < -0.39 is 0 Å². The zero-order valence-electron chi connectivity index (χ0n) is 15.6. The number of nitrogens with two attached hydrogens (primary N) is 1. The molecule has 5 aromatic rings. The number of anilines is 1. The summed E-state index contributed by atoms with van der Waals surface area (Å²) in [6.45, 7) is 1.83.